The van der Waals surface area contributed by atoms with Crippen LogP contribution in [0.15, 0.2) is 47.9 Å². The second-order valence-electron chi connectivity index (χ2n) is 4.68. The van der Waals surface area contributed by atoms with Crippen LogP contribution in [0.25, 0.3) is 0 Å². The SMILES string of the molecule is C=CCNC(=O)N1CCN(S(=O)(=O)c2ccccc2)CC1. The number of sulfonamides is 1. The third-order valence-electron chi connectivity index (χ3n) is 3.30. The van der Waals surface area contributed by atoms with Crippen LogP contribution in [0.1, 0.15) is 0 Å². The number of benzene rings is 1. The van der Waals surface area contributed by atoms with E-state index in [2.05, 4.69) is 11.9 Å². The molecule has 2 amide bonds. The average molecular weight is 309 g/mol. The smallest absolute Gasteiger partial charge is 0.317 e. The maximum atomic E-state index is 12.4. The number of carbonyl (C=O) groups excluding carboxylic acids is 1. The number of hydrogen-bond donors (Lipinski definition) is 1. The lowest BCUT2D eigenvalue weighted by molar-refractivity contribution is 0.173. The van der Waals surface area contributed by atoms with Crippen LogP contribution in [-0.2, 0) is 10.0 Å². The Hall–Kier alpha value is -1.86. The first kappa shape index (κ1) is 15.5. The zero-order valence-electron chi connectivity index (χ0n) is 11.7. The molecule has 1 aromatic rings. The third kappa shape index (κ3) is 3.62. The van der Waals surface area contributed by atoms with Crippen molar-refractivity contribution in [3.63, 3.8) is 0 Å². The van der Waals surface area contributed by atoms with Crippen LogP contribution in [0, 0.1) is 0 Å². The van der Waals surface area contributed by atoms with E-state index in [4.69, 9.17) is 0 Å². The topological polar surface area (TPSA) is 69.7 Å². The number of rotatable bonds is 4. The van der Waals surface area contributed by atoms with Gasteiger partial charge in [0.1, 0.15) is 0 Å². The first-order chi connectivity index (χ1) is 10.1. The minimum atomic E-state index is -3.47. The van der Waals surface area contributed by atoms with E-state index in [0.717, 1.165) is 0 Å². The summed E-state index contributed by atoms with van der Waals surface area (Å²) in [6.07, 6.45) is 1.61. The van der Waals surface area contributed by atoms with E-state index >= 15 is 0 Å². The van der Waals surface area contributed by atoms with Gasteiger partial charge in [-0.05, 0) is 12.1 Å². The zero-order valence-corrected chi connectivity index (χ0v) is 12.6. The van der Waals surface area contributed by atoms with Gasteiger partial charge in [0.05, 0.1) is 4.90 Å². The number of carbonyl (C=O) groups is 1. The molecule has 0 saturated carbocycles. The van der Waals surface area contributed by atoms with Gasteiger partial charge in [-0.15, -0.1) is 6.58 Å². The number of urea groups is 1. The van der Waals surface area contributed by atoms with Crippen molar-refractivity contribution in [2.24, 2.45) is 0 Å². The van der Waals surface area contributed by atoms with Crippen LogP contribution in [0.3, 0.4) is 0 Å². The Kier molecular flexibility index (Phi) is 4.98. The highest BCUT2D eigenvalue weighted by atomic mass is 32.2. The highest BCUT2D eigenvalue weighted by Crippen LogP contribution is 2.17. The van der Waals surface area contributed by atoms with Gasteiger partial charge in [-0.1, -0.05) is 24.3 Å². The first-order valence-electron chi connectivity index (χ1n) is 6.74. The Morgan fingerprint density at radius 2 is 1.81 bits per heavy atom. The van der Waals surface area contributed by atoms with Gasteiger partial charge in [0.25, 0.3) is 0 Å². The van der Waals surface area contributed by atoms with E-state index in [1.165, 1.54) is 4.31 Å². The normalized spacial score (nSPS) is 16.5. The highest BCUT2D eigenvalue weighted by Gasteiger charge is 2.29. The molecule has 7 heteroatoms. The monoisotopic (exact) mass is 309 g/mol. The van der Waals surface area contributed by atoms with Crippen LogP contribution in [0.4, 0.5) is 4.79 Å². The maximum Gasteiger partial charge on any atom is 0.317 e. The van der Waals surface area contributed by atoms with Gasteiger partial charge < -0.3 is 10.2 Å². The van der Waals surface area contributed by atoms with E-state index in [9.17, 15) is 13.2 Å². The highest BCUT2D eigenvalue weighted by molar-refractivity contribution is 7.89. The molecular weight excluding hydrogens is 290 g/mol. The molecule has 0 radical (unpaired) electrons. The lowest BCUT2D eigenvalue weighted by Gasteiger charge is -2.33. The summed E-state index contributed by atoms with van der Waals surface area (Å²) in [6, 6.07) is 8.15. The Bertz CT molecular complexity index is 593. The van der Waals surface area contributed by atoms with Crippen molar-refractivity contribution in [3.05, 3.63) is 43.0 Å². The molecule has 1 aliphatic heterocycles. The number of piperazine rings is 1. The summed E-state index contributed by atoms with van der Waals surface area (Å²) in [6.45, 7) is 5.32. The summed E-state index contributed by atoms with van der Waals surface area (Å²) in [7, 11) is -3.47. The van der Waals surface area contributed by atoms with E-state index < -0.39 is 10.0 Å². The summed E-state index contributed by atoms with van der Waals surface area (Å²) in [5, 5.41) is 2.69. The predicted octanol–water partition coefficient (Wildman–Crippen LogP) is 0.888. The number of nitrogens with one attached hydrogen (secondary N) is 1. The van der Waals surface area contributed by atoms with Gasteiger partial charge in [0.15, 0.2) is 0 Å². The van der Waals surface area contributed by atoms with Gasteiger partial charge in [0.2, 0.25) is 10.0 Å². The second-order valence-corrected chi connectivity index (χ2v) is 6.62. The first-order valence-corrected chi connectivity index (χ1v) is 8.18. The Balaban J connectivity index is 1.98. The van der Waals surface area contributed by atoms with Gasteiger partial charge in [-0.25, -0.2) is 13.2 Å². The van der Waals surface area contributed by atoms with Gasteiger partial charge >= 0.3 is 6.03 Å². The molecule has 0 spiro atoms. The number of hydrogen-bond acceptors (Lipinski definition) is 3. The van der Waals surface area contributed by atoms with Gasteiger partial charge in [-0.2, -0.15) is 4.31 Å². The summed E-state index contributed by atoms with van der Waals surface area (Å²) < 4.78 is 26.3. The van der Waals surface area contributed by atoms with E-state index in [-0.39, 0.29) is 10.9 Å². The molecule has 0 aromatic heterocycles. The standard InChI is InChI=1S/C14H19N3O3S/c1-2-8-15-14(18)16-9-11-17(12-10-16)21(19,20)13-6-4-3-5-7-13/h2-7H,1,8-12H2,(H,15,18). The maximum absolute atomic E-state index is 12.4. The van der Waals surface area contributed by atoms with Crippen molar-refractivity contribution >= 4 is 16.1 Å². The Morgan fingerprint density at radius 1 is 1.19 bits per heavy atom. The summed E-state index contributed by atoms with van der Waals surface area (Å²) in [4.78, 5) is 13.7. The molecule has 0 aliphatic carbocycles. The fraction of sp³-hybridized carbons (Fsp3) is 0.357. The lowest BCUT2D eigenvalue weighted by Crippen LogP contribution is -2.53. The second kappa shape index (κ2) is 6.73. The molecule has 1 aliphatic rings. The fourth-order valence-electron chi connectivity index (χ4n) is 2.14. The minimum Gasteiger partial charge on any atom is -0.335 e. The molecule has 1 fully saturated rings. The summed E-state index contributed by atoms with van der Waals surface area (Å²) in [5.41, 5.74) is 0. The molecule has 0 atom stereocenters. The van der Waals surface area contributed by atoms with Crippen LogP contribution >= 0.6 is 0 Å². The van der Waals surface area contributed by atoms with E-state index in [1.54, 1.807) is 41.3 Å². The molecule has 21 heavy (non-hydrogen) atoms. The third-order valence-corrected chi connectivity index (χ3v) is 5.22. The molecule has 1 saturated heterocycles. The Morgan fingerprint density at radius 3 is 2.38 bits per heavy atom. The molecule has 2 rings (SSSR count). The van der Waals surface area contributed by atoms with E-state index in [1.807, 2.05) is 0 Å². The largest absolute Gasteiger partial charge is 0.335 e. The fourth-order valence-corrected chi connectivity index (χ4v) is 3.59. The van der Waals surface area contributed by atoms with Crippen LogP contribution in [0.2, 0.25) is 0 Å². The molecule has 0 unspecified atom stereocenters. The van der Waals surface area contributed by atoms with Crippen LogP contribution in [-0.4, -0.2) is 56.4 Å². The van der Waals surface area contributed by atoms with E-state index in [0.29, 0.717) is 32.7 Å². The molecule has 0 bridgehead atoms. The van der Waals surface area contributed by atoms with Crippen molar-refractivity contribution in [3.8, 4) is 0 Å². The summed E-state index contributed by atoms with van der Waals surface area (Å²) in [5.74, 6) is 0. The van der Waals surface area contributed by atoms with Crippen molar-refractivity contribution in [1.82, 2.24) is 14.5 Å². The summed E-state index contributed by atoms with van der Waals surface area (Å²) >= 11 is 0. The molecule has 6 nitrogen and oxygen atoms in total. The predicted molar refractivity (Wildman–Crippen MR) is 80.4 cm³/mol. The zero-order chi connectivity index (χ0) is 15.3. The average Bonchev–Trinajstić information content (AvgIpc) is 2.53. The molecule has 1 N–H and O–H groups in total. The van der Waals surface area contributed by atoms with Crippen molar-refractivity contribution in [1.29, 1.82) is 0 Å². The molecule has 1 aromatic carbocycles. The van der Waals surface area contributed by atoms with Crippen LogP contribution in [0.5, 0.6) is 0 Å². The minimum absolute atomic E-state index is 0.188. The van der Waals surface area contributed by atoms with Gasteiger partial charge in [0, 0.05) is 32.7 Å². The van der Waals surface area contributed by atoms with Crippen molar-refractivity contribution in [2.75, 3.05) is 32.7 Å². The molecule has 114 valence electrons. The van der Waals surface area contributed by atoms with Gasteiger partial charge in [-0.3, -0.25) is 0 Å². The quantitative estimate of drug-likeness (QED) is 0.840. The Labute approximate surface area is 125 Å². The molecule has 1 heterocycles. The van der Waals surface area contributed by atoms with Crippen molar-refractivity contribution in [2.45, 2.75) is 4.90 Å². The van der Waals surface area contributed by atoms with Crippen molar-refractivity contribution < 1.29 is 13.2 Å². The lowest BCUT2D eigenvalue weighted by atomic mass is 10.4. The number of amides is 2. The number of nitrogens with zero attached hydrogens (tertiary/aromatic N) is 2. The van der Waals surface area contributed by atoms with Crippen LogP contribution < -0.4 is 5.32 Å². The molecular formula is C14H19N3O3S.